The van der Waals surface area contributed by atoms with Crippen LogP contribution in [0.1, 0.15) is 37.4 Å². The van der Waals surface area contributed by atoms with Gasteiger partial charge in [0.15, 0.2) is 4.34 Å². The number of thioether (sulfide) groups is 1. The zero-order valence-electron chi connectivity index (χ0n) is 13.2. The van der Waals surface area contributed by atoms with E-state index < -0.39 is 0 Å². The molecule has 3 nitrogen and oxygen atoms in total. The largest absolute Gasteiger partial charge is 0.355 e. The van der Waals surface area contributed by atoms with Crippen LogP contribution in [-0.2, 0) is 4.79 Å². The van der Waals surface area contributed by atoms with Crippen molar-refractivity contribution >= 4 is 29.0 Å². The third kappa shape index (κ3) is 4.85. The van der Waals surface area contributed by atoms with E-state index in [4.69, 9.17) is 0 Å². The third-order valence-corrected chi connectivity index (χ3v) is 5.72. The zero-order valence-corrected chi connectivity index (χ0v) is 14.8. The van der Waals surface area contributed by atoms with Gasteiger partial charge in [0.05, 0.1) is 5.25 Å². The number of rotatable bonds is 7. The fraction of sp³-hybridized carbons (Fsp3) is 0.412. The Morgan fingerprint density at radius 1 is 1.36 bits per heavy atom. The molecule has 0 spiro atoms. The maximum atomic E-state index is 12.3. The van der Waals surface area contributed by atoms with Crippen molar-refractivity contribution in [1.29, 1.82) is 0 Å². The average molecular weight is 335 g/mol. The van der Waals surface area contributed by atoms with Crippen LogP contribution in [0, 0.1) is 6.92 Å². The SMILES string of the molecule is CC[C@@H](CNC(=O)[C@H](C)Sc1nc(C)cs1)c1ccccc1. The van der Waals surface area contributed by atoms with Crippen molar-refractivity contribution in [2.45, 2.75) is 42.7 Å². The second-order valence-corrected chi connectivity index (χ2v) is 7.72. The number of nitrogens with one attached hydrogen (secondary N) is 1. The van der Waals surface area contributed by atoms with Crippen molar-refractivity contribution in [1.82, 2.24) is 10.3 Å². The molecule has 0 unspecified atom stereocenters. The Morgan fingerprint density at radius 2 is 2.09 bits per heavy atom. The average Bonchev–Trinajstić information content (AvgIpc) is 2.93. The van der Waals surface area contributed by atoms with Gasteiger partial charge in [-0.2, -0.15) is 0 Å². The fourth-order valence-corrected chi connectivity index (χ4v) is 4.19. The molecule has 2 aromatic rings. The summed E-state index contributed by atoms with van der Waals surface area (Å²) in [7, 11) is 0. The minimum absolute atomic E-state index is 0.0761. The number of carbonyl (C=O) groups excluding carboxylic acids is 1. The smallest absolute Gasteiger partial charge is 0.233 e. The lowest BCUT2D eigenvalue weighted by Gasteiger charge is -2.17. The second-order valence-electron chi connectivity index (χ2n) is 5.28. The van der Waals surface area contributed by atoms with Crippen molar-refractivity contribution in [3.63, 3.8) is 0 Å². The van der Waals surface area contributed by atoms with Crippen molar-refractivity contribution in [2.24, 2.45) is 0 Å². The van der Waals surface area contributed by atoms with Crippen LogP contribution in [0.2, 0.25) is 0 Å². The van der Waals surface area contributed by atoms with E-state index in [1.807, 2.05) is 37.4 Å². The number of hydrogen-bond donors (Lipinski definition) is 1. The third-order valence-electron chi connectivity index (χ3n) is 3.53. The van der Waals surface area contributed by atoms with E-state index >= 15 is 0 Å². The molecule has 1 aromatic heterocycles. The molecule has 1 amide bonds. The van der Waals surface area contributed by atoms with Gasteiger partial charge in [0.25, 0.3) is 0 Å². The van der Waals surface area contributed by atoms with Gasteiger partial charge in [0.2, 0.25) is 5.91 Å². The van der Waals surface area contributed by atoms with E-state index in [-0.39, 0.29) is 11.2 Å². The predicted molar refractivity (Wildman–Crippen MR) is 94.7 cm³/mol. The van der Waals surface area contributed by atoms with E-state index in [1.165, 1.54) is 17.3 Å². The zero-order chi connectivity index (χ0) is 15.9. The summed E-state index contributed by atoms with van der Waals surface area (Å²) in [5.41, 5.74) is 2.29. The number of aryl methyl sites for hydroxylation is 1. The summed E-state index contributed by atoms with van der Waals surface area (Å²) < 4.78 is 0.954. The summed E-state index contributed by atoms with van der Waals surface area (Å²) in [6, 6.07) is 10.4. The van der Waals surface area contributed by atoms with Crippen LogP contribution in [0.25, 0.3) is 0 Å². The highest BCUT2D eigenvalue weighted by molar-refractivity contribution is 8.02. The van der Waals surface area contributed by atoms with Gasteiger partial charge < -0.3 is 5.32 Å². The van der Waals surface area contributed by atoms with Crippen molar-refractivity contribution in [3.8, 4) is 0 Å². The van der Waals surface area contributed by atoms with Crippen molar-refractivity contribution in [3.05, 3.63) is 47.0 Å². The highest BCUT2D eigenvalue weighted by Gasteiger charge is 2.17. The van der Waals surface area contributed by atoms with Gasteiger partial charge in [0, 0.05) is 23.5 Å². The van der Waals surface area contributed by atoms with E-state index in [0.717, 1.165) is 16.5 Å². The van der Waals surface area contributed by atoms with E-state index in [1.54, 1.807) is 11.3 Å². The van der Waals surface area contributed by atoms with Gasteiger partial charge in [-0.05, 0) is 25.8 Å². The lowest BCUT2D eigenvalue weighted by molar-refractivity contribution is -0.120. The molecule has 0 aliphatic heterocycles. The summed E-state index contributed by atoms with van der Waals surface area (Å²) in [5.74, 6) is 0.441. The van der Waals surface area contributed by atoms with Gasteiger partial charge >= 0.3 is 0 Å². The van der Waals surface area contributed by atoms with Crippen LogP contribution in [-0.4, -0.2) is 22.7 Å². The van der Waals surface area contributed by atoms with E-state index in [2.05, 4.69) is 29.4 Å². The normalized spacial score (nSPS) is 13.6. The molecule has 2 rings (SSSR count). The van der Waals surface area contributed by atoms with Gasteiger partial charge in [-0.1, -0.05) is 49.0 Å². The summed E-state index contributed by atoms with van der Waals surface area (Å²) in [6.07, 6.45) is 1.01. The number of benzene rings is 1. The lowest BCUT2D eigenvalue weighted by atomic mass is 9.96. The van der Waals surface area contributed by atoms with Gasteiger partial charge in [-0.25, -0.2) is 4.98 Å². The van der Waals surface area contributed by atoms with Crippen LogP contribution in [0.3, 0.4) is 0 Å². The Bertz CT molecular complexity index is 598. The van der Waals surface area contributed by atoms with Crippen LogP contribution in [0.4, 0.5) is 0 Å². The van der Waals surface area contributed by atoms with Crippen molar-refractivity contribution in [2.75, 3.05) is 6.54 Å². The molecule has 0 bridgehead atoms. The topological polar surface area (TPSA) is 42.0 Å². The molecular weight excluding hydrogens is 312 g/mol. The lowest BCUT2D eigenvalue weighted by Crippen LogP contribution is -2.34. The number of aromatic nitrogens is 1. The molecule has 0 aliphatic carbocycles. The van der Waals surface area contributed by atoms with Gasteiger partial charge in [-0.15, -0.1) is 11.3 Å². The molecule has 2 atom stereocenters. The number of thiazole rings is 1. The number of carbonyl (C=O) groups is 1. The minimum Gasteiger partial charge on any atom is -0.355 e. The molecule has 0 fully saturated rings. The Labute approximate surface area is 140 Å². The first-order chi connectivity index (χ1) is 10.6. The minimum atomic E-state index is -0.126. The maximum absolute atomic E-state index is 12.3. The summed E-state index contributed by atoms with van der Waals surface area (Å²) in [6.45, 7) is 6.73. The molecule has 1 heterocycles. The Hall–Kier alpha value is -1.33. The molecule has 0 aliphatic rings. The first-order valence-corrected chi connectivity index (χ1v) is 9.27. The predicted octanol–water partition coefficient (Wildman–Crippen LogP) is 4.24. The van der Waals surface area contributed by atoms with Crippen LogP contribution >= 0.6 is 23.1 Å². The monoisotopic (exact) mass is 334 g/mol. The molecular formula is C17H22N2OS2. The molecule has 0 radical (unpaired) electrons. The quantitative estimate of drug-likeness (QED) is 0.770. The number of nitrogens with zero attached hydrogens (tertiary/aromatic N) is 1. The number of hydrogen-bond acceptors (Lipinski definition) is 4. The highest BCUT2D eigenvalue weighted by atomic mass is 32.2. The molecule has 118 valence electrons. The molecule has 5 heteroatoms. The van der Waals surface area contributed by atoms with Crippen molar-refractivity contribution < 1.29 is 4.79 Å². The Kier molecular flexibility index (Phi) is 6.46. The summed E-state index contributed by atoms with van der Waals surface area (Å²) in [4.78, 5) is 16.6. The van der Waals surface area contributed by atoms with E-state index in [9.17, 15) is 4.79 Å². The number of amides is 1. The molecule has 1 N–H and O–H groups in total. The standard InChI is InChI=1S/C17H22N2OS2/c1-4-14(15-8-6-5-7-9-15)10-18-16(20)13(3)22-17-19-12(2)11-21-17/h5-9,11,13-14H,4,10H2,1-3H3,(H,18,20)/t13-,14-/m0/s1. The van der Waals surface area contributed by atoms with Crippen LogP contribution in [0.5, 0.6) is 0 Å². The molecule has 0 saturated heterocycles. The maximum Gasteiger partial charge on any atom is 0.233 e. The first kappa shape index (κ1) is 17.0. The second kappa shape index (κ2) is 8.34. The molecule has 22 heavy (non-hydrogen) atoms. The van der Waals surface area contributed by atoms with Crippen LogP contribution in [0.15, 0.2) is 40.1 Å². The Balaban J connectivity index is 1.85. The van der Waals surface area contributed by atoms with Crippen LogP contribution < -0.4 is 5.32 Å². The first-order valence-electron chi connectivity index (χ1n) is 7.51. The van der Waals surface area contributed by atoms with Gasteiger partial charge in [-0.3, -0.25) is 4.79 Å². The van der Waals surface area contributed by atoms with E-state index in [0.29, 0.717) is 12.5 Å². The molecule has 0 saturated carbocycles. The highest BCUT2D eigenvalue weighted by Crippen LogP contribution is 2.26. The fourth-order valence-electron chi connectivity index (χ4n) is 2.18. The Morgan fingerprint density at radius 3 is 2.68 bits per heavy atom. The molecule has 1 aromatic carbocycles. The summed E-state index contributed by atoms with van der Waals surface area (Å²) >= 11 is 3.12. The summed E-state index contributed by atoms with van der Waals surface area (Å²) in [5, 5.41) is 4.96. The van der Waals surface area contributed by atoms with Gasteiger partial charge in [0.1, 0.15) is 0 Å².